The van der Waals surface area contributed by atoms with Crippen LogP contribution in [0.3, 0.4) is 0 Å². The molecular formula is C15H26N2O4S. The largest absolute Gasteiger partial charge is 0.362 e. The molecule has 0 aromatic carbocycles. The van der Waals surface area contributed by atoms with Crippen molar-refractivity contribution in [3.63, 3.8) is 0 Å². The second-order valence-corrected chi connectivity index (χ2v) is 8.92. The second kappa shape index (κ2) is 6.09. The molecule has 0 aromatic heterocycles. The van der Waals surface area contributed by atoms with Crippen molar-refractivity contribution in [2.75, 3.05) is 31.9 Å². The van der Waals surface area contributed by atoms with Gasteiger partial charge >= 0.3 is 0 Å². The monoisotopic (exact) mass is 330 g/mol. The molecule has 126 valence electrons. The first-order chi connectivity index (χ1) is 10.5. The first-order valence-corrected chi connectivity index (χ1v) is 10.0. The van der Waals surface area contributed by atoms with Crippen molar-refractivity contribution in [1.29, 1.82) is 0 Å². The van der Waals surface area contributed by atoms with E-state index in [1.165, 1.54) is 0 Å². The van der Waals surface area contributed by atoms with E-state index in [9.17, 15) is 13.2 Å². The first kappa shape index (κ1) is 16.2. The SMILES string of the molecule is CCS(=O)(=O)N1CCC2(CCC(C(=O)N3CCCC3)O2)CC1. The van der Waals surface area contributed by atoms with E-state index in [4.69, 9.17) is 4.74 Å². The van der Waals surface area contributed by atoms with Crippen molar-refractivity contribution in [3.05, 3.63) is 0 Å². The number of likely N-dealkylation sites (tertiary alicyclic amines) is 1. The van der Waals surface area contributed by atoms with E-state index >= 15 is 0 Å². The van der Waals surface area contributed by atoms with E-state index in [1.807, 2.05) is 4.90 Å². The lowest BCUT2D eigenvalue weighted by atomic mass is 9.89. The van der Waals surface area contributed by atoms with Crippen LogP contribution in [-0.2, 0) is 19.6 Å². The zero-order valence-electron chi connectivity index (χ0n) is 13.3. The minimum absolute atomic E-state index is 0.137. The number of amides is 1. The highest BCUT2D eigenvalue weighted by Gasteiger charge is 2.46. The van der Waals surface area contributed by atoms with Gasteiger partial charge in [0.05, 0.1) is 11.4 Å². The van der Waals surface area contributed by atoms with Gasteiger partial charge in [-0.1, -0.05) is 0 Å². The Morgan fingerprint density at radius 3 is 2.36 bits per heavy atom. The highest BCUT2D eigenvalue weighted by molar-refractivity contribution is 7.89. The lowest BCUT2D eigenvalue weighted by Gasteiger charge is -2.38. The number of piperidine rings is 1. The number of carbonyl (C=O) groups is 1. The molecule has 0 radical (unpaired) electrons. The summed E-state index contributed by atoms with van der Waals surface area (Å²) in [6.45, 7) is 4.42. The minimum Gasteiger partial charge on any atom is -0.362 e. The average Bonchev–Trinajstić information content (AvgIpc) is 3.17. The van der Waals surface area contributed by atoms with Gasteiger partial charge < -0.3 is 9.64 Å². The van der Waals surface area contributed by atoms with Crippen LogP contribution in [0.2, 0.25) is 0 Å². The molecule has 0 aliphatic carbocycles. The number of hydrogen-bond acceptors (Lipinski definition) is 4. The van der Waals surface area contributed by atoms with Crippen LogP contribution in [0.1, 0.15) is 45.4 Å². The Morgan fingerprint density at radius 1 is 1.14 bits per heavy atom. The van der Waals surface area contributed by atoms with E-state index in [0.29, 0.717) is 25.9 Å². The molecule has 3 rings (SSSR count). The number of rotatable bonds is 3. The standard InChI is InChI=1S/C15H26N2O4S/c1-2-22(19,20)17-11-7-15(8-12-17)6-5-13(21-15)14(18)16-9-3-4-10-16/h13H,2-12H2,1H3. The van der Waals surface area contributed by atoms with Gasteiger partial charge in [-0.15, -0.1) is 0 Å². The average molecular weight is 330 g/mol. The van der Waals surface area contributed by atoms with Crippen molar-refractivity contribution in [2.24, 2.45) is 0 Å². The lowest BCUT2D eigenvalue weighted by molar-refractivity contribution is -0.149. The molecule has 3 aliphatic rings. The molecule has 0 N–H and O–H groups in total. The molecule has 3 heterocycles. The number of sulfonamides is 1. The van der Waals surface area contributed by atoms with E-state index in [-0.39, 0.29) is 23.4 Å². The summed E-state index contributed by atoms with van der Waals surface area (Å²) in [6.07, 6.45) is 4.92. The van der Waals surface area contributed by atoms with Crippen LogP contribution >= 0.6 is 0 Å². The summed E-state index contributed by atoms with van der Waals surface area (Å²) in [5, 5.41) is 0. The molecule has 0 bridgehead atoms. The summed E-state index contributed by atoms with van der Waals surface area (Å²) in [6, 6.07) is 0. The Bertz CT molecular complexity index is 520. The third-order valence-electron chi connectivity index (χ3n) is 5.34. The highest BCUT2D eigenvalue weighted by Crippen LogP contribution is 2.40. The van der Waals surface area contributed by atoms with Crippen molar-refractivity contribution in [2.45, 2.75) is 57.2 Å². The molecule has 1 spiro atoms. The quantitative estimate of drug-likeness (QED) is 0.773. The highest BCUT2D eigenvalue weighted by atomic mass is 32.2. The topological polar surface area (TPSA) is 66.9 Å². The van der Waals surface area contributed by atoms with E-state index < -0.39 is 10.0 Å². The van der Waals surface area contributed by atoms with Gasteiger partial charge in [0.25, 0.3) is 5.91 Å². The Balaban J connectivity index is 1.57. The van der Waals surface area contributed by atoms with Crippen molar-refractivity contribution < 1.29 is 17.9 Å². The predicted molar refractivity (Wildman–Crippen MR) is 82.9 cm³/mol. The smallest absolute Gasteiger partial charge is 0.251 e. The van der Waals surface area contributed by atoms with Gasteiger partial charge in [0.2, 0.25) is 10.0 Å². The third kappa shape index (κ3) is 3.03. The van der Waals surface area contributed by atoms with Crippen molar-refractivity contribution >= 4 is 15.9 Å². The van der Waals surface area contributed by atoms with Crippen molar-refractivity contribution in [1.82, 2.24) is 9.21 Å². The summed E-state index contributed by atoms with van der Waals surface area (Å²) in [5.41, 5.74) is -0.278. The van der Waals surface area contributed by atoms with Crippen LogP contribution in [-0.4, -0.2) is 67.2 Å². The van der Waals surface area contributed by atoms with E-state index in [0.717, 1.165) is 38.8 Å². The van der Waals surface area contributed by atoms with Crippen LogP contribution in [0.15, 0.2) is 0 Å². The summed E-state index contributed by atoms with van der Waals surface area (Å²) in [4.78, 5) is 14.4. The van der Waals surface area contributed by atoms with Gasteiger partial charge in [0.15, 0.2) is 0 Å². The Kier molecular flexibility index (Phi) is 4.49. The molecule has 0 saturated carbocycles. The van der Waals surface area contributed by atoms with Gasteiger partial charge in [0, 0.05) is 26.2 Å². The first-order valence-electron chi connectivity index (χ1n) is 8.40. The van der Waals surface area contributed by atoms with Gasteiger partial charge in [-0.3, -0.25) is 4.79 Å². The van der Waals surface area contributed by atoms with Crippen LogP contribution in [0.25, 0.3) is 0 Å². The summed E-state index contributed by atoms with van der Waals surface area (Å²) in [5.74, 6) is 0.287. The predicted octanol–water partition coefficient (Wildman–Crippen LogP) is 0.972. The molecule has 6 nitrogen and oxygen atoms in total. The summed E-state index contributed by atoms with van der Waals surface area (Å²) in [7, 11) is -3.11. The number of carbonyl (C=O) groups excluding carboxylic acids is 1. The maximum absolute atomic E-state index is 12.4. The molecule has 7 heteroatoms. The second-order valence-electron chi connectivity index (χ2n) is 6.66. The van der Waals surface area contributed by atoms with Crippen LogP contribution in [0.5, 0.6) is 0 Å². The fourth-order valence-electron chi connectivity index (χ4n) is 3.85. The summed E-state index contributed by atoms with van der Waals surface area (Å²) >= 11 is 0. The molecule has 1 atom stereocenters. The van der Waals surface area contributed by atoms with Crippen molar-refractivity contribution in [3.8, 4) is 0 Å². The molecule has 3 fully saturated rings. The zero-order chi connectivity index (χ0) is 15.8. The Hall–Kier alpha value is -0.660. The van der Waals surface area contributed by atoms with Crippen LogP contribution in [0, 0.1) is 0 Å². The number of nitrogens with zero attached hydrogens (tertiary/aromatic N) is 2. The fraction of sp³-hybridized carbons (Fsp3) is 0.933. The van der Waals surface area contributed by atoms with E-state index in [1.54, 1.807) is 11.2 Å². The maximum Gasteiger partial charge on any atom is 0.251 e. The normalized spacial score (nSPS) is 29.3. The van der Waals surface area contributed by atoms with Crippen LogP contribution in [0.4, 0.5) is 0 Å². The molecule has 22 heavy (non-hydrogen) atoms. The third-order valence-corrected chi connectivity index (χ3v) is 7.22. The lowest BCUT2D eigenvalue weighted by Crippen LogP contribution is -2.48. The summed E-state index contributed by atoms with van der Waals surface area (Å²) < 4.78 is 31.6. The molecule has 1 amide bonds. The number of hydrogen-bond donors (Lipinski definition) is 0. The zero-order valence-corrected chi connectivity index (χ0v) is 14.1. The Labute approximate surface area is 132 Å². The van der Waals surface area contributed by atoms with Gasteiger partial charge in [-0.2, -0.15) is 0 Å². The van der Waals surface area contributed by atoms with E-state index in [2.05, 4.69) is 0 Å². The molecule has 3 saturated heterocycles. The molecule has 1 unspecified atom stereocenters. The Morgan fingerprint density at radius 2 is 1.77 bits per heavy atom. The van der Waals surface area contributed by atoms with Crippen LogP contribution < -0.4 is 0 Å². The van der Waals surface area contributed by atoms with Gasteiger partial charge in [0.1, 0.15) is 6.10 Å². The van der Waals surface area contributed by atoms with Gasteiger partial charge in [-0.05, 0) is 45.4 Å². The fourth-order valence-corrected chi connectivity index (χ4v) is 4.96. The number of ether oxygens (including phenoxy) is 1. The molecular weight excluding hydrogens is 304 g/mol. The van der Waals surface area contributed by atoms with Gasteiger partial charge in [-0.25, -0.2) is 12.7 Å². The maximum atomic E-state index is 12.4. The molecule has 3 aliphatic heterocycles. The molecule has 0 aromatic rings. The minimum atomic E-state index is -3.11.